The quantitative estimate of drug-likeness (QED) is 0.841. The van der Waals surface area contributed by atoms with Crippen LogP contribution in [0.3, 0.4) is 0 Å². The summed E-state index contributed by atoms with van der Waals surface area (Å²) >= 11 is 0. The molecule has 5 nitrogen and oxygen atoms in total. The fourth-order valence-corrected chi connectivity index (χ4v) is 2.33. The number of amides is 1. The maximum atomic E-state index is 11.9. The molecule has 0 unspecified atom stereocenters. The molecule has 1 N–H and O–H groups in total. The van der Waals surface area contributed by atoms with Gasteiger partial charge in [0, 0.05) is 31.7 Å². The molecule has 0 aromatic carbocycles. The summed E-state index contributed by atoms with van der Waals surface area (Å²) in [5.41, 5.74) is 0.562. The van der Waals surface area contributed by atoms with Gasteiger partial charge in [-0.15, -0.1) is 6.58 Å². The van der Waals surface area contributed by atoms with Gasteiger partial charge >= 0.3 is 0 Å². The molecule has 1 amide bonds. The summed E-state index contributed by atoms with van der Waals surface area (Å²) in [5.74, 6) is 1.05. The SMILES string of the molecule is C=CCNC(=O)C1CCN(c2ccc(C#N)cn2)CC1. The van der Waals surface area contributed by atoms with Crippen LogP contribution in [0.2, 0.25) is 0 Å². The van der Waals surface area contributed by atoms with Gasteiger partial charge in [0.25, 0.3) is 0 Å². The van der Waals surface area contributed by atoms with E-state index in [0.717, 1.165) is 31.7 Å². The van der Waals surface area contributed by atoms with E-state index in [2.05, 4.69) is 27.8 Å². The van der Waals surface area contributed by atoms with Gasteiger partial charge in [-0.05, 0) is 25.0 Å². The lowest BCUT2D eigenvalue weighted by Crippen LogP contribution is -2.40. The van der Waals surface area contributed by atoms with Crippen molar-refractivity contribution in [2.75, 3.05) is 24.5 Å². The number of hydrogen-bond acceptors (Lipinski definition) is 4. The predicted molar refractivity (Wildman–Crippen MR) is 77.1 cm³/mol. The number of rotatable bonds is 4. The van der Waals surface area contributed by atoms with E-state index in [1.807, 2.05) is 6.07 Å². The largest absolute Gasteiger partial charge is 0.357 e. The first-order valence-corrected chi connectivity index (χ1v) is 6.74. The van der Waals surface area contributed by atoms with E-state index in [1.54, 1.807) is 18.3 Å². The summed E-state index contributed by atoms with van der Waals surface area (Å²) in [7, 11) is 0. The van der Waals surface area contributed by atoms with Crippen molar-refractivity contribution in [3.8, 4) is 6.07 Å². The normalized spacial score (nSPS) is 15.4. The van der Waals surface area contributed by atoms with Crippen LogP contribution in [0, 0.1) is 17.2 Å². The zero-order valence-electron chi connectivity index (χ0n) is 11.4. The van der Waals surface area contributed by atoms with Gasteiger partial charge in [0.2, 0.25) is 5.91 Å². The van der Waals surface area contributed by atoms with Crippen LogP contribution in [-0.2, 0) is 4.79 Å². The van der Waals surface area contributed by atoms with Crippen molar-refractivity contribution in [1.29, 1.82) is 5.26 Å². The average Bonchev–Trinajstić information content (AvgIpc) is 2.53. The Morgan fingerprint density at radius 2 is 2.30 bits per heavy atom. The van der Waals surface area contributed by atoms with Gasteiger partial charge in [0.05, 0.1) is 5.56 Å². The molecule has 1 saturated heterocycles. The van der Waals surface area contributed by atoms with E-state index in [4.69, 9.17) is 5.26 Å². The van der Waals surface area contributed by atoms with Crippen LogP contribution in [0.5, 0.6) is 0 Å². The minimum absolute atomic E-state index is 0.0737. The minimum atomic E-state index is 0.0737. The maximum Gasteiger partial charge on any atom is 0.223 e. The molecule has 1 aliphatic rings. The molecule has 1 aliphatic heterocycles. The number of carbonyl (C=O) groups excluding carboxylic acids is 1. The van der Waals surface area contributed by atoms with Crippen LogP contribution in [0.25, 0.3) is 0 Å². The summed E-state index contributed by atoms with van der Waals surface area (Å²) in [5, 5.41) is 11.6. The standard InChI is InChI=1S/C15H18N4O/c1-2-7-17-15(20)13-5-8-19(9-6-13)14-4-3-12(10-16)11-18-14/h2-4,11,13H,1,5-9H2,(H,17,20). The highest BCUT2D eigenvalue weighted by Gasteiger charge is 2.25. The highest BCUT2D eigenvalue weighted by atomic mass is 16.1. The molecular formula is C15H18N4O. The van der Waals surface area contributed by atoms with Crippen molar-refractivity contribution in [3.63, 3.8) is 0 Å². The number of pyridine rings is 1. The summed E-state index contributed by atoms with van der Waals surface area (Å²) in [6, 6.07) is 5.68. The zero-order valence-corrected chi connectivity index (χ0v) is 11.4. The number of aromatic nitrogens is 1. The van der Waals surface area contributed by atoms with Crippen LogP contribution in [0.1, 0.15) is 18.4 Å². The average molecular weight is 270 g/mol. The summed E-state index contributed by atoms with van der Waals surface area (Å²) in [6.07, 6.45) is 4.92. The van der Waals surface area contributed by atoms with Gasteiger partial charge < -0.3 is 10.2 Å². The molecule has 0 spiro atoms. The molecule has 0 bridgehead atoms. The molecule has 5 heteroatoms. The molecule has 2 rings (SSSR count). The number of hydrogen-bond donors (Lipinski definition) is 1. The maximum absolute atomic E-state index is 11.9. The molecule has 1 aromatic heterocycles. The monoisotopic (exact) mass is 270 g/mol. The zero-order chi connectivity index (χ0) is 14.4. The lowest BCUT2D eigenvalue weighted by molar-refractivity contribution is -0.125. The Balaban J connectivity index is 1.88. The highest BCUT2D eigenvalue weighted by Crippen LogP contribution is 2.21. The van der Waals surface area contributed by atoms with E-state index < -0.39 is 0 Å². The van der Waals surface area contributed by atoms with Crippen molar-refractivity contribution in [2.45, 2.75) is 12.8 Å². The molecule has 1 fully saturated rings. The Bertz CT molecular complexity index is 510. The first-order valence-electron chi connectivity index (χ1n) is 6.74. The summed E-state index contributed by atoms with van der Waals surface area (Å²) in [4.78, 5) is 18.3. The van der Waals surface area contributed by atoms with Crippen molar-refractivity contribution in [1.82, 2.24) is 10.3 Å². The first kappa shape index (κ1) is 14.1. The Kier molecular flexibility index (Phi) is 4.72. The van der Waals surface area contributed by atoms with Gasteiger partial charge in [-0.1, -0.05) is 6.08 Å². The molecule has 20 heavy (non-hydrogen) atoms. The van der Waals surface area contributed by atoms with Gasteiger partial charge in [-0.3, -0.25) is 4.79 Å². The van der Waals surface area contributed by atoms with Gasteiger partial charge in [0.15, 0.2) is 0 Å². The Morgan fingerprint density at radius 3 is 2.85 bits per heavy atom. The smallest absolute Gasteiger partial charge is 0.223 e. The van der Waals surface area contributed by atoms with Gasteiger partial charge in [-0.2, -0.15) is 5.26 Å². The number of piperidine rings is 1. The Morgan fingerprint density at radius 1 is 1.55 bits per heavy atom. The van der Waals surface area contributed by atoms with Crippen LogP contribution >= 0.6 is 0 Å². The third-order valence-corrected chi connectivity index (χ3v) is 3.49. The highest BCUT2D eigenvalue weighted by molar-refractivity contribution is 5.79. The molecule has 1 aromatic rings. The van der Waals surface area contributed by atoms with Gasteiger partial charge in [0.1, 0.15) is 11.9 Å². The second-order valence-corrected chi connectivity index (χ2v) is 4.81. The first-order chi connectivity index (χ1) is 9.74. The number of nitrogens with one attached hydrogen (secondary N) is 1. The lowest BCUT2D eigenvalue weighted by atomic mass is 9.96. The lowest BCUT2D eigenvalue weighted by Gasteiger charge is -2.32. The fourth-order valence-electron chi connectivity index (χ4n) is 2.33. The molecule has 0 saturated carbocycles. The van der Waals surface area contributed by atoms with E-state index in [1.165, 1.54) is 0 Å². The molecule has 104 valence electrons. The summed E-state index contributed by atoms with van der Waals surface area (Å²) in [6.45, 7) is 5.73. The summed E-state index contributed by atoms with van der Waals surface area (Å²) < 4.78 is 0. The fraction of sp³-hybridized carbons (Fsp3) is 0.400. The molecular weight excluding hydrogens is 252 g/mol. The number of nitrogens with zero attached hydrogens (tertiary/aromatic N) is 3. The Hall–Kier alpha value is -2.35. The van der Waals surface area contributed by atoms with Crippen LogP contribution < -0.4 is 10.2 Å². The van der Waals surface area contributed by atoms with Crippen molar-refractivity contribution < 1.29 is 4.79 Å². The number of nitriles is 1. The third kappa shape index (κ3) is 3.35. The Labute approximate surface area is 118 Å². The van der Waals surface area contributed by atoms with E-state index >= 15 is 0 Å². The molecule has 2 heterocycles. The van der Waals surface area contributed by atoms with Crippen LogP contribution in [0.15, 0.2) is 31.0 Å². The molecule has 0 atom stereocenters. The molecule has 0 radical (unpaired) electrons. The number of anilines is 1. The van der Waals surface area contributed by atoms with Crippen molar-refractivity contribution in [2.24, 2.45) is 5.92 Å². The molecule has 0 aliphatic carbocycles. The van der Waals surface area contributed by atoms with E-state index in [0.29, 0.717) is 12.1 Å². The third-order valence-electron chi connectivity index (χ3n) is 3.49. The van der Waals surface area contributed by atoms with E-state index in [9.17, 15) is 4.79 Å². The van der Waals surface area contributed by atoms with Gasteiger partial charge in [-0.25, -0.2) is 4.98 Å². The predicted octanol–water partition coefficient (Wildman–Crippen LogP) is 1.47. The van der Waals surface area contributed by atoms with Crippen molar-refractivity contribution >= 4 is 11.7 Å². The number of carbonyl (C=O) groups is 1. The second-order valence-electron chi connectivity index (χ2n) is 4.81. The van der Waals surface area contributed by atoms with E-state index in [-0.39, 0.29) is 11.8 Å². The topological polar surface area (TPSA) is 69.0 Å². The second kappa shape index (κ2) is 6.71. The van der Waals surface area contributed by atoms with Crippen molar-refractivity contribution in [3.05, 3.63) is 36.5 Å². The van der Waals surface area contributed by atoms with Crippen LogP contribution in [0.4, 0.5) is 5.82 Å². The van der Waals surface area contributed by atoms with Crippen LogP contribution in [-0.4, -0.2) is 30.5 Å². The minimum Gasteiger partial charge on any atom is -0.357 e.